The number of benzene rings is 2. The summed E-state index contributed by atoms with van der Waals surface area (Å²) < 4.78 is 10.6. The summed E-state index contributed by atoms with van der Waals surface area (Å²) in [5.41, 5.74) is 3.79. The molecule has 2 heterocycles. The Kier molecular flexibility index (Phi) is 8.72. The maximum absolute atomic E-state index is 11.6. The van der Waals surface area contributed by atoms with E-state index >= 15 is 0 Å². The third-order valence-electron chi connectivity index (χ3n) is 6.32. The average molecular weight is 485 g/mol. The summed E-state index contributed by atoms with van der Waals surface area (Å²) in [5, 5.41) is 0. The molecule has 4 rings (SSSR count). The van der Waals surface area contributed by atoms with Crippen molar-refractivity contribution in [3.8, 4) is 0 Å². The van der Waals surface area contributed by atoms with Gasteiger partial charge in [0.25, 0.3) is 0 Å². The second-order valence-corrected chi connectivity index (χ2v) is 10.1. The number of para-hydroxylation sites is 1. The quantitative estimate of drug-likeness (QED) is 0.530. The molecule has 0 bridgehead atoms. The number of anilines is 2. The van der Waals surface area contributed by atoms with E-state index in [4.69, 9.17) is 9.47 Å². The van der Waals surface area contributed by atoms with Crippen molar-refractivity contribution in [1.82, 2.24) is 14.7 Å². The highest BCUT2D eigenvalue weighted by Crippen LogP contribution is 2.48. The number of hydrogen-bond acceptors (Lipinski definition) is 7. The van der Waals surface area contributed by atoms with Crippen LogP contribution in [-0.4, -0.2) is 94.4 Å². The van der Waals surface area contributed by atoms with Crippen LogP contribution in [0.25, 0.3) is 0 Å². The Bertz CT molecular complexity index is 963. The number of carbonyl (C=O) groups excluding carboxylic acids is 1. The van der Waals surface area contributed by atoms with E-state index in [1.54, 1.807) is 21.2 Å². The van der Waals surface area contributed by atoms with Crippen LogP contribution in [0, 0.1) is 0 Å². The van der Waals surface area contributed by atoms with Crippen LogP contribution >= 0.6 is 11.8 Å². The van der Waals surface area contributed by atoms with Gasteiger partial charge in [0, 0.05) is 70.3 Å². The maximum atomic E-state index is 11.6. The SMILES string of the molecule is COCc1ccc2c(c1)N(CCCN1CCN(CCOC(=O)N(C)C)CC1)c1ccccc1S2. The van der Waals surface area contributed by atoms with Crippen molar-refractivity contribution < 1.29 is 14.3 Å². The Balaban J connectivity index is 1.29. The topological polar surface area (TPSA) is 48.5 Å². The molecule has 0 atom stereocenters. The van der Waals surface area contributed by atoms with Crippen LogP contribution < -0.4 is 4.90 Å². The van der Waals surface area contributed by atoms with Gasteiger partial charge >= 0.3 is 6.09 Å². The summed E-state index contributed by atoms with van der Waals surface area (Å²) in [6, 6.07) is 15.4. The lowest BCUT2D eigenvalue weighted by Gasteiger charge is -2.36. The summed E-state index contributed by atoms with van der Waals surface area (Å²) >= 11 is 1.85. The minimum Gasteiger partial charge on any atom is -0.448 e. The molecular weight excluding hydrogens is 448 g/mol. The molecule has 0 unspecified atom stereocenters. The van der Waals surface area contributed by atoms with Crippen molar-refractivity contribution in [2.24, 2.45) is 0 Å². The van der Waals surface area contributed by atoms with Gasteiger partial charge in [0.2, 0.25) is 0 Å². The Labute approximate surface area is 207 Å². The lowest BCUT2D eigenvalue weighted by atomic mass is 10.1. The fraction of sp³-hybridized carbons (Fsp3) is 0.500. The Morgan fingerprint density at radius 1 is 0.941 bits per heavy atom. The summed E-state index contributed by atoms with van der Waals surface area (Å²) in [5.74, 6) is 0. The van der Waals surface area contributed by atoms with Gasteiger partial charge in [0.15, 0.2) is 0 Å². The zero-order valence-electron chi connectivity index (χ0n) is 20.5. The van der Waals surface area contributed by atoms with Crippen LogP contribution in [0.5, 0.6) is 0 Å². The summed E-state index contributed by atoms with van der Waals surface area (Å²) in [7, 11) is 5.16. The van der Waals surface area contributed by atoms with Gasteiger partial charge in [0.1, 0.15) is 6.61 Å². The normalized spacial score (nSPS) is 16.1. The van der Waals surface area contributed by atoms with Gasteiger partial charge in [-0.1, -0.05) is 30.0 Å². The lowest BCUT2D eigenvalue weighted by Crippen LogP contribution is -2.48. The largest absolute Gasteiger partial charge is 0.448 e. The first kappa shape index (κ1) is 24.9. The molecule has 2 aromatic carbocycles. The molecule has 1 amide bonds. The summed E-state index contributed by atoms with van der Waals surface area (Å²) in [4.78, 5) is 23.1. The number of amides is 1. The third-order valence-corrected chi connectivity index (χ3v) is 7.45. The molecule has 0 N–H and O–H groups in total. The molecule has 8 heteroatoms. The number of hydrogen-bond donors (Lipinski definition) is 0. The number of methoxy groups -OCH3 is 1. The standard InChI is InChI=1S/C26H36N4O3S/c1-27(2)26(31)33-18-17-29-15-13-28(14-16-29)11-6-12-30-22-7-4-5-8-24(22)34-25-10-9-21(20-32-3)19-23(25)30/h4-5,7-10,19H,6,11-18,20H2,1-3H3. The molecule has 34 heavy (non-hydrogen) atoms. The highest BCUT2D eigenvalue weighted by atomic mass is 32.2. The van der Waals surface area contributed by atoms with Crippen molar-refractivity contribution in [1.29, 1.82) is 0 Å². The minimum atomic E-state index is -0.271. The first-order valence-electron chi connectivity index (χ1n) is 12.0. The molecular formula is C26H36N4O3S. The Morgan fingerprint density at radius 2 is 1.65 bits per heavy atom. The fourth-order valence-corrected chi connectivity index (χ4v) is 5.53. The van der Waals surface area contributed by atoms with Gasteiger partial charge in [0.05, 0.1) is 18.0 Å². The van der Waals surface area contributed by atoms with Crippen LogP contribution in [0.2, 0.25) is 0 Å². The number of nitrogens with zero attached hydrogens (tertiary/aromatic N) is 4. The number of rotatable bonds is 9. The van der Waals surface area contributed by atoms with Gasteiger partial charge in [-0.2, -0.15) is 0 Å². The van der Waals surface area contributed by atoms with E-state index in [1.807, 2.05) is 11.8 Å². The van der Waals surface area contributed by atoms with Crippen LogP contribution in [0.1, 0.15) is 12.0 Å². The van der Waals surface area contributed by atoms with Crippen LogP contribution in [0.4, 0.5) is 16.2 Å². The molecule has 184 valence electrons. The second-order valence-electron chi connectivity index (χ2n) is 9.00. The molecule has 0 spiro atoms. The van der Waals surface area contributed by atoms with Crippen molar-refractivity contribution in [3.05, 3.63) is 48.0 Å². The predicted octanol–water partition coefficient (Wildman–Crippen LogP) is 4.14. The summed E-state index contributed by atoms with van der Waals surface area (Å²) in [6.07, 6.45) is 0.833. The van der Waals surface area contributed by atoms with Crippen molar-refractivity contribution >= 4 is 29.2 Å². The predicted molar refractivity (Wildman–Crippen MR) is 137 cm³/mol. The van der Waals surface area contributed by atoms with E-state index in [9.17, 15) is 4.79 Å². The summed E-state index contributed by atoms with van der Waals surface area (Å²) in [6.45, 7) is 8.11. The Morgan fingerprint density at radius 3 is 2.38 bits per heavy atom. The van der Waals surface area contributed by atoms with Gasteiger partial charge in [-0.25, -0.2) is 4.79 Å². The zero-order chi connectivity index (χ0) is 23.9. The number of ether oxygens (including phenoxy) is 2. The molecule has 1 fully saturated rings. The monoisotopic (exact) mass is 484 g/mol. The van der Waals surface area contributed by atoms with E-state index in [-0.39, 0.29) is 6.09 Å². The van der Waals surface area contributed by atoms with Crippen molar-refractivity contribution in [2.75, 3.05) is 78.5 Å². The molecule has 0 aromatic heterocycles. The van der Waals surface area contributed by atoms with Crippen molar-refractivity contribution in [3.63, 3.8) is 0 Å². The second kappa shape index (κ2) is 11.9. The molecule has 1 saturated heterocycles. The molecule has 2 aliphatic heterocycles. The average Bonchev–Trinajstić information content (AvgIpc) is 2.85. The molecule has 2 aromatic rings. The Hall–Kier alpha value is -2.26. The third kappa shape index (κ3) is 6.24. The molecule has 7 nitrogen and oxygen atoms in total. The highest BCUT2D eigenvalue weighted by molar-refractivity contribution is 7.99. The van der Waals surface area contributed by atoms with E-state index in [1.165, 1.54) is 31.6 Å². The molecule has 0 radical (unpaired) electrons. The number of piperazine rings is 1. The lowest BCUT2D eigenvalue weighted by molar-refractivity contribution is 0.0833. The van der Waals surface area contributed by atoms with E-state index in [0.717, 1.165) is 52.2 Å². The van der Waals surface area contributed by atoms with Gasteiger partial charge in [-0.05, 0) is 42.8 Å². The van der Waals surface area contributed by atoms with E-state index in [0.29, 0.717) is 13.2 Å². The zero-order valence-corrected chi connectivity index (χ0v) is 21.4. The molecule has 0 aliphatic carbocycles. The van der Waals surface area contributed by atoms with Crippen molar-refractivity contribution in [2.45, 2.75) is 22.8 Å². The maximum Gasteiger partial charge on any atom is 0.409 e. The highest BCUT2D eigenvalue weighted by Gasteiger charge is 2.24. The van der Waals surface area contributed by atoms with Crippen LogP contribution in [0.15, 0.2) is 52.3 Å². The fourth-order valence-electron chi connectivity index (χ4n) is 4.45. The van der Waals surface area contributed by atoms with Gasteiger partial charge in [-0.3, -0.25) is 4.90 Å². The number of fused-ring (bicyclic) bond motifs is 2. The smallest absolute Gasteiger partial charge is 0.409 e. The molecule has 2 aliphatic rings. The van der Waals surface area contributed by atoms with Gasteiger partial charge in [-0.15, -0.1) is 0 Å². The first-order chi connectivity index (χ1) is 16.5. The van der Waals surface area contributed by atoms with Crippen LogP contribution in [-0.2, 0) is 16.1 Å². The minimum absolute atomic E-state index is 0.271. The first-order valence-corrected chi connectivity index (χ1v) is 12.8. The number of carbonyl (C=O) groups is 1. The molecule has 0 saturated carbocycles. The van der Waals surface area contributed by atoms with Crippen LogP contribution in [0.3, 0.4) is 0 Å². The van der Waals surface area contributed by atoms with E-state index < -0.39 is 0 Å². The van der Waals surface area contributed by atoms with E-state index in [2.05, 4.69) is 57.2 Å². The van der Waals surface area contributed by atoms with Gasteiger partial charge < -0.3 is 24.2 Å².